The normalized spacial score (nSPS) is 23.8. The Labute approximate surface area is 143 Å². The SMILES string of the molecule is Cc1cc([C@@H]2CCCN(C(=O)[C@H]3CCCc4ccccc43)C2)n[nH]1. The van der Waals surface area contributed by atoms with Crippen LogP contribution in [0.4, 0.5) is 0 Å². The van der Waals surface area contributed by atoms with Crippen molar-refractivity contribution in [1.29, 1.82) is 0 Å². The van der Waals surface area contributed by atoms with Crippen LogP contribution in [-0.2, 0) is 11.2 Å². The first-order valence-corrected chi connectivity index (χ1v) is 9.11. The van der Waals surface area contributed by atoms with E-state index in [4.69, 9.17) is 0 Å². The van der Waals surface area contributed by atoms with E-state index in [1.54, 1.807) is 0 Å². The molecule has 1 N–H and O–H groups in total. The molecule has 2 aliphatic rings. The molecular formula is C20H25N3O. The monoisotopic (exact) mass is 323 g/mol. The van der Waals surface area contributed by atoms with E-state index in [0.29, 0.717) is 11.8 Å². The number of aryl methyl sites for hydroxylation is 2. The van der Waals surface area contributed by atoms with Crippen molar-refractivity contribution >= 4 is 5.91 Å². The average Bonchev–Trinajstić information content (AvgIpc) is 3.07. The summed E-state index contributed by atoms with van der Waals surface area (Å²) in [6, 6.07) is 10.6. The number of amides is 1. The minimum absolute atomic E-state index is 0.0506. The molecule has 0 saturated carbocycles. The van der Waals surface area contributed by atoms with Crippen molar-refractivity contribution in [3.05, 3.63) is 52.8 Å². The molecule has 2 aromatic rings. The summed E-state index contributed by atoms with van der Waals surface area (Å²) < 4.78 is 0. The van der Waals surface area contributed by atoms with Crippen LogP contribution in [0.3, 0.4) is 0 Å². The van der Waals surface area contributed by atoms with E-state index in [1.165, 1.54) is 11.1 Å². The van der Waals surface area contributed by atoms with Gasteiger partial charge in [0.25, 0.3) is 0 Å². The Balaban J connectivity index is 1.52. The molecule has 1 aliphatic heterocycles. The average molecular weight is 323 g/mol. The Bertz CT molecular complexity index is 736. The van der Waals surface area contributed by atoms with Crippen LogP contribution in [-0.4, -0.2) is 34.1 Å². The maximum Gasteiger partial charge on any atom is 0.230 e. The second kappa shape index (κ2) is 6.42. The predicted octanol–water partition coefficient (Wildman–Crippen LogP) is 3.54. The first kappa shape index (κ1) is 15.4. The molecule has 4 nitrogen and oxygen atoms in total. The molecule has 0 spiro atoms. The minimum atomic E-state index is 0.0506. The van der Waals surface area contributed by atoms with Crippen molar-refractivity contribution < 1.29 is 4.79 Å². The van der Waals surface area contributed by atoms with Gasteiger partial charge in [0.15, 0.2) is 0 Å². The Morgan fingerprint density at radius 3 is 2.96 bits per heavy atom. The van der Waals surface area contributed by atoms with Crippen molar-refractivity contribution in [2.75, 3.05) is 13.1 Å². The topological polar surface area (TPSA) is 49.0 Å². The first-order valence-electron chi connectivity index (χ1n) is 9.11. The highest BCUT2D eigenvalue weighted by Crippen LogP contribution is 2.35. The highest BCUT2D eigenvalue weighted by Gasteiger charge is 2.33. The quantitative estimate of drug-likeness (QED) is 0.919. The molecule has 24 heavy (non-hydrogen) atoms. The van der Waals surface area contributed by atoms with Crippen LogP contribution < -0.4 is 0 Å². The number of carbonyl (C=O) groups excluding carboxylic acids is 1. The van der Waals surface area contributed by atoms with Crippen molar-refractivity contribution in [3.63, 3.8) is 0 Å². The van der Waals surface area contributed by atoms with E-state index in [2.05, 4.69) is 45.4 Å². The molecule has 4 heteroatoms. The summed E-state index contributed by atoms with van der Waals surface area (Å²) in [6.07, 6.45) is 5.39. The minimum Gasteiger partial charge on any atom is -0.341 e. The fourth-order valence-corrected chi connectivity index (χ4v) is 4.30. The van der Waals surface area contributed by atoms with Crippen molar-refractivity contribution in [2.24, 2.45) is 0 Å². The van der Waals surface area contributed by atoms with Crippen LogP contribution in [0.1, 0.15) is 60.0 Å². The molecular weight excluding hydrogens is 298 g/mol. The summed E-state index contributed by atoms with van der Waals surface area (Å²) in [5.41, 5.74) is 4.81. The van der Waals surface area contributed by atoms with E-state index >= 15 is 0 Å². The second-order valence-corrected chi connectivity index (χ2v) is 7.24. The van der Waals surface area contributed by atoms with E-state index in [-0.39, 0.29) is 5.92 Å². The Hall–Kier alpha value is -2.10. The van der Waals surface area contributed by atoms with Gasteiger partial charge in [-0.15, -0.1) is 0 Å². The van der Waals surface area contributed by atoms with Crippen LogP contribution in [0.25, 0.3) is 0 Å². The Morgan fingerprint density at radius 1 is 1.25 bits per heavy atom. The molecule has 1 fully saturated rings. The fourth-order valence-electron chi connectivity index (χ4n) is 4.30. The summed E-state index contributed by atoms with van der Waals surface area (Å²) in [5.74, 6) is 0.736. The summed E-state index contributed by atoms with van der Waals surface area (Å²) in [5, 5.41) is 7.45. The number of hydrogen-bond acceptors (Lipinski definition) is 2. The molecule has 1 aromatic carbocycles. The van der Waals surface area contributed by atoms with E-state index < -0.39 is 0 Å². The Morgan fingerprint density at radius 2 is 2.12 bits per heavy atom. The van der Waals surface area contributed by atoms with Crippen LogP contribution in [0, 0.1) is 6.92 Å². The van der Waals surface area contributed by atoms with Gasteiger partial charge >= 0.3 is 0 Å². The second-order valence-electron chi connectivity index (χ2n) is 7.24. The number of aromatic amines is 1. The maximum absolute atomic E-state index is 13.2. The lowest BCUT2D eigenvalue weighted by Gasteiger charge is -2.36. The molecule has 2 atom stereocenters. The van der Waals surface area contributed by atoms with Crippen molar-refractivity contribution in [1.82, 2.24) is 15.1 Å². The van der Waals surface area contributed by atoms with Gasteiger partial charge in [-0.1, -0.05) is 24.3 Å². The third kappa shape index (κ3) is 2.85. The third-order valence-corrected chi connectivity index (χ3v) is 5.54. The standard InChI is InChI=1S/C20H25N3O/c1-14-12-19(22-21-14)16-8-5-11-23(13-16)20(24)18-10-4-7-15-6-2-3-9-17(15)18/h2-3,6,9,12,16,18H,4-5,7-8,10-11,13H2,1H3,(H,21,22)/t16-,18+/m1/s1. The van der Waals surface area contributed by atoms with Crippen LogP contribution in [0.5, 0.6) is 0 Å². The molecule has 0 unspecified atom stereocenters. The summed E-state index contributed by atoms with van der Waals surface area (Å²) in [4.78, 5) is 15.3. The van der Waals surface area contributed by atoms with E-state index in [0.717, 1.165) is 56.6 Å². The zero-order valence-corrected chi connectivity index (χ0v) is 14.3. The summed E-state index contributed by atoms with van der Waals surface area (Å²) >= 11 is 0. The number of fused-ring (bicyclic) bond motifs is 1. The van der Waals surface area contributed by atoms with Gasteiger partial charge in [-0.3, -0.25) is 9.89 Å². The number of likely N-dealkylation sites (tertiary alicyclic amines) is 1. The van der Waals surface area contributed by atoms with Gasteiger partial charge in [-0.05, 0) is 56.2 Å². The number of nitrogens with zero attached hydrogens (tertiary/aromatic N) is 2. The number of nitrogens with one attached hydrogen (secondary N) is 1. The lowest BCUT2D eigenvalue weighted by Crippen LogP contribution is -2.42. The summed E-state index contributed by atoms with van der Waals surface area (Å²) in [7, 11) is 0. The maximum atomic E-state index is 13.2. The van der Waals surface area contributed by atoms with E-state index in [9.17, 15) is 4.79 Å². The largest absolute Gasteiger partial charge is 0.341 e. The van der Waals surface area contributed by atoms with Crippen molar-refractivity contribution in [2.45, 2.75) is 50.9 Å². The number of rotatable bonds is 2. The van der Waals surface area contributed by atoms with Gasteiger partial charge < -0.3 is 4.90 Å². The number of aromatic nitrogens is 2. The molecule has 1 aromatic heterocycles. The predicted molar refractivity (Wildman–Crippen MR) is 94.0 cm³/mol. The van der Waals surface area contributed by atoms with Crippen LogP contribution in [0.15, 0.2) is 30.3 Å². The van der Waals surface area contributed by atoms with Crippen molar-refractivity contribution in [3.8, 4) is 0 Å². The highest BCUT2D eigenvalue weighted by atomic mass is 16.2. The van der Waals surface area contributed by atoms with Gasteiger partial charge in [-0.2, -0.15) is 5.10 Å². The van der Waals surface area contributed by atoms with Gasteiger partial charge in [0.05, 0.1) is 11.6 Å². The fraction of sp³-hybridized carbons (Fsp3) is 0.500. The van der Waals surface area contributed by atoms with Gasteiger partial charge in [0, 0.05) is 24.7 Å². The molecule has 1 amide bonds. The lowest BCUT2D eigenvalue weighted by atomic mass is 9.81. The summed E-state index contributed by atoms with van der Waals surface area (Å²) in [6.45, 7) is 3.72. The number of benzene rings is 1. The van der Waals surface area contributed by atoms with Gasteiger partial charge in [-0.25, -0.2) is 0 Å². The zero-order chi connectivity index (χ0) is 16.5. The van der Waals surface area contributed by atoms with Gasteiger partial charge in [0.1, 0.15) is 0 Å². The number of hydrogen-bond donors (Lipinski definition) is 1. The zero-order valence-electron chi connectivity index (χ0n) is 14.3. The third-order valence-electron chi connectivity index (χ3n) is 5.54. The van der Waals surface area contributed by atoms with E-state index in [1.807, 2.05) is 6.92 Å². The molecule has 0 radical (unpaired) electrons. The molecule has 4 rings (SSSR count). The number of H-pyrrole nitrogens is 1. The number of carbonyl (C=O) groups is 1. The molecule has 1 aliphatic carbocycles. The molecule has 2 heterocycles. The smallest absolute Gasteiger partial charge is 0.230 e. The molecule has 0 bridgehead atoms. The molecule has 1 saturated heterocycles. The first-order chi connectivity index (χ1) is 11.7. The van der Waals surface area contributed by atoms with Gasteiger partial charge in [0.2, 0.25) is 5.91 Å². The van der Waals surface area contributed by atoms with Crippen LogP contribution in [0.2, 0.25) is 0 Å². The van der Waals surface area contributed by atoms with Crippen LogP contribution >= 0.6 is 0 Å². The Kier molecular flexibility index (Phi) is 4.13. The highest BCUT2D eigenvalue weighted by molar-refractivity contribution is 5.84. The molecule has 126 valence electrons. The lowest BCUT2D eigenvalue weighted by molar-refractivity contribution is -0.134. The number of piperidine rings is 1.